The number of anilines is 1. The number of hydrogen-bond acceptors (Lipinski definition) is 6. The van der Waals surface area contributed by atoms with Crippen molar-refractivity contribution in [3.05, 3.63) is 22.7 Å². The van der Waals surface area contributed by atoms with Crippen molar-refractivity contribution in [2.24, 2.45) is 0 Å². The van der Waals surface area contributed by atoms with Crippen LogP contribution in [0, 0.1) is 0 Å². The molecule has 1 aromatic heterocycles. The molecular formula is C9H13N3O4. The van der Waals surface area contributed by atoms with Crippen LogP contribution in [0.4, 0.5) is 5.82 Å². The zero-order valence-electron chi connectivity index (χ0n) is 8.65. The van der Waals surface area contributed by atoms with Gasteiger partial charge in [-0.15, -0.1) is 0 Å². The summed E-state index contributed by atoms with van der Waals surface area (Å²) in [6, 6.07) is 1.42. The molecule has 4 unspecified atom stereocenters. The molecule has 7 nitrogen and oxygen atoms in total. The van der Waals surface area contributed by atoms with Gasteiger partial charge in [-0.3, -0.25) is 4.57 Å². The predicted molar refractivity (Wildman–Crippen MR) is 54.5 cm³/mol. The monoisotopic (exact) mass is 227 g/mol. The van der Waals surface area contributed by atoms with Gasteiger partial charge in [-0.1, -0.05) is 0 Å². The van der Waals surface area contributed by atoms with Crippen molar-refractivity contribution in [2.45, 2.75) is 31.5 Å². The van der Waals surface area contributed by atoms with Gasteiger partial charge in [0.1, 0.15) is 18.0 Å². The van der Waals surface area contributed by atoms with Crippen LogP contribution < -0.4 is 11.4 Å². The average Bonchev–Trinajstić information content (AvgIpc) is 2.46. The van der Waals surface area contributed by atoms with Crippen LogP contribution in [-0.2, 0) is 4.74 Å². The van der Waals surface area contributed by atoms with Crippen molar-refractivity contribution >= 4 is 5.82 Å². The maximum absolute atomic E-state index is 11.5. The van der Waals surface area contributed by atoms with E-state index in [2.05, 4.69) is 4.98 Å². The number of nitrogens with two attached hydrogens (primary N) is 1. The topological polar surface area (TPSA) is 111 Å². The van der Waals surface area contributed by atoms with Crippen molar-refractivity contribution in [3.8, 4) is 0 Å². The van der Waals surface area contributed by atoms with E-state index in [1.165, 1.54) is 12.3 Å². The number of aliphatic hydroxyl groups is 2. The van der Waals surface area contributed by atoms with Crippen molar-refractivity contribution < 1.29 is 14.9 Å². The molecule has 1 fully saturated rings. The molecule has 1 aromatic rings. The Morgan fingerprint density at radius 1 is 1.50 bits per heavy atom. The molecule has 0 radical (unpaired) electrons. The van der Waals surface area contributed by atoms with Gasteiger partial charge in [0.15, 0.2) is 6.23 Å². The smallest absolute Gasteiger partial charge is 0.351 e. The fourth-order valence-corrected chi connectivity index (χ4v) is 1.68. The lowest BCUT2D eigenvalue weighted by molar-refractivity contribution is -0.0349. The summed E-state index contributed by atoms with van der Waals surface area (Å²) in [7, 11) is 0. The Balaban J connectivity index is 2.35. The zero-order chi connectivity index (χ0) is 11.9. The molecule has 0 bridgehead atoms. The molecule has 88 valence electrons. The number of rotatable bonds is 1. The van der Waals surface area contributed by atoms with Crippen molar-refractivity contribution in [1.29, 1.82) is 0 Å². The first-order valence-corrected chi connectivity index (χ1v) is 4.87. The number of ether oxygens (including phenoxy) is 1. The van der Waals surface area contributed by atoms with Gasteiger partial charge >= 0.3 is 5.69 Å². The molecule has 0 saturated carbocycles. The minimum Gasteiger partial charge on any atom is -0.388 e. The quantitative estimate of drug-likeness (QED) is 0.536. The summed E-state index contributed by atoms with van der Waals surface area (Å²) in [6.45, 7) is 1.61. The van der Waals surface area contributed by atoms with Crippen LogP contribution in [0.1, 0.15) is 13.2 Å². The minimum absolute atomic E-state index is 0.0994. The highest BCUT2D eigenvalue weighted by atomic mass is 16.6. The molecule has 4 atom stereocenters. The van der Waals surface area contributed by atoms with E-state index < -0.39 is 30.2 Å². The molecule has 0 aromatic carbocycles. The summed E-state index contributed by atoms with van der Waals surface area (Å²) in [4.78, 5) is 15.0. The highest BCUT2D eigenvalue weighted by molar-refractivity contribution is 5.23. The van der Waals surface area contributed by atoms with Gasteiger partial charge in [-0.2, -0.15) is 4.98 Å². The van der Waals surface area contributed by atoms with Crippen molar-refractivity contribution in [3.63, 3.8) is 0 Å². The summed E-state index contributed by atoms with van der Waals surface area (Å²) in [5.74, 6) is 0.0994. The molecule has 0 amide bonds. The van der Waals surface area contributed by atoms with E-state index in [4.69, 9.17) is 10.5 Å². The molecular weight excluding hydrogens is 214 g/mol. The van der Waals surface area contributed by atoms with Gasteiger partial charge < -0.3 is 20.7 Å². The summed E-state index contributed by atoms with van der Waals surface area (Å²) < 4.78 is 6.38. The molecule has 1 aliphatic rings. The highest BCUT2D eigenvalue weighted by Crippen LogP contribution is 2.27. The Labute approximate surface area is 91.1 Å². The minimum atomic E-state index is -1.15. The lowest BCUT2D eigenvalue weighted by atomic mass is 10.1. The molecule has 1 aliphatic heterocycles. The van der Waals surface area contributed by atoms with E-state index >= 15 is 0 Å². The van der Waals surface area contributed by atoms with Gasteiger partial charge in [0.05, 0.1) is 6.10 Å². The molecule has 4 N–H and O–H groups in total. The Morgan fingerprint density at radius 2 is 2.19 bits per heavy atom. The second-order valence-corrected chi connectivity index (χ2v) is 3.76. The van der Waals surface area contributed by atoms with Crippen LogP contribution >= 0.6 is 0 Å². The van der Waals surface area contributed by atoms with Crippen LogP contribution in [0.2, 0.25) is 0 Å². The van der Waals surface area contributed by atoms with E-state index in [0.717, 1.165) is 4.57 Å². The summed E-state index contributed by atoms with van der Waals surface area (Å²) in [5.41, 5.74) is 4.72. The van der Waals surface area contributed by atoms with Crippen LogP contribution in [0.25, 0.3) is 0 Å². The Kier molecular flexibility index (Phi) is 2.66. The molecule has 2 heterocycles. The predicted octanol–water partition coefficient (Wildman–Crippen LogP) is -1.54. The molecule has 2 rings (SSSR count). The van der Waals surface area contributed by atoms with Crippen LogP contribution in [-0.4, -0.2) is 38.1 Å². The third kappa shape index (κ3) is 1.69. The number of hydrogen-bond donors (Lipinski definition) is 3. The third-order valence-electron chi connectivity index (χ3n) is 2.60. The molecule has 7 heteroatoms. The molecule has 16 heavy (non-hydrogen) atoms. The van der Waals surface area contributed by atoms with Crippen molar-refractivity contribution in [1.82, 2.24) is 9.55 Å². The van der Waals surface area contributed by atoms with E-state index in [1.807, 2.05) is 0 Å². The summed E-state index contributed by atoms with van der Waals surface area (Å²) in [6.07, 6.45) is -2.26. The highest BCUT2D eigenvalue weighted by Gasteiger charge is 2.41. The van der Waals surface area contributed by atoms with E-state index in [9.17, 15) is 15.0 Å². The maximum atomic E-state index is 11.5. The number of aromatic nitrogens is 2. The zero-order valence-corrected chi connectivity index (χ0v) is 8.65. The van der Waals surface area contributed by atoms with E-state index in [1.54, 1.807) is 6.92 Å². The SMILES string of the molecule is CC1OC(n2ccc(N)nc2=O)C(O)C1O. The fraction of sp³-hybridized carbons (Fsp3) is 0.556. The van der Waals surface area contributed by atoms with E-state index in [-0.39, 0.29) is 5.82 Å². The van der Waals surface area contributed by atoms with Crippen LogP contribution in [0.15, 0.2) is 17.1 Å². The third-order valence-corrected chi connectivity index (χ3v) is 2.60. The van der Waals surface area contributed by atoms with Gasteiger partial charge in [0, 0.05) is 6.20 Å². The van der Waals surface area contributed by atoms with Gasteiger partial charge in [0.2, 0.25) is 0 Å². The average molecular weight is 227 g/mol. The lowest BCUT2D eigenvalue weighted by Gasteiger charge is -2.16. The van der Waals surface area contributed by atoms with Gasteiger partial charge in [-0.05, 0) is 13.0 Å². The molecule has 0 aliphatic carbocycles. The summed E-state index contributed by atoms with van der Waals surface area (Å²) >= 11 is 0. The Morgan fingerprint density at radius 3 is 2.69 bits per heavy atom. The Hall–Kier alpha value is -1.44. The first-order chi connectivity index (χ1) is 7.50. The Bertz CT molecular complexity index is 447. The largest absolute Gasteiger partial charge is 0.388 e. The lowest BCUT2D eigenvalue weighted by Crippen LogP contribution is -2.35. The number of aliphatic hydroxyl groups excluding tert-OH is 2. The second-order valence-electron chi connectivity index (χ2n) is 3.76. The van der Waals surface area contributed by atoms with Crippen LogP contribution in [0.5, 0.6) is 0 Å². The fourth-order valence-electron chi connectivity index (χ4n) is 1.68. The maximum Gasteiger partial charge on any atom is 0.351 e. The standard InChI is InChI=1S/C9H13N3O4/c1-4-6(13)7(14)8(16-4)12-3-2-5(10)11-9(12)15/h2-4,6-8,13-14H,1H3,(H2,10,11,15). The van der Waals surface area contributed by atoms with Crippen LogP contribution in [0.3, 0.4) is 0 Å². The number of nitrogen functional groups attached to an aromatic ring is 1. The van der Waals surface area contributed by atoms with Gasteiger partial charge in [0.25, 0.3) is 0 Å². The second kappa shape index (κ2) is 3.85. The normalized spacial score (nSPS) is 34.2. The first-order valence-electron chi connectivity index (χ1n) is 4.87. The van der Waals surface area contributed by atoms with Crippen molar-refractivity contribution in [2.75, 3.05) is 5.73 Å². The number of nitrogens with zero attached hydrogens (tertiary/aromatic N) is 2. The first kappa shape index (κ1) is 11.1. The van der Waals surface area contributed by atoms with Gasteiger partial charge in [-0.25, -0.2) is 4.79 Å². The molecule has 0 spiro atoms. The summed E-state index contributed by atoms with van der Waals surface area (Å²) in [5, 5.41) is 19.2. The van der Waals surface area contributed by atoms with E-state index in [0.29, 0.717) is 0 Å². The molecule has 1 saturated heterocycles.